The van der Waals surface area contributed by atoms with Crippen molar-refractivity contribution >= 4 is 21.9 Å². The fourth-order valence-electron chi connectivity index (χ4n) is 3.16. The second-order valence-corrected chi connectivity index (χ2v) is 8.13. The van der Waals surface area contributed by atoms with E-state index in [9.17, 15) is 18.0 Å². The van der Waals surface area contributed by atoms with Gasteiger partial charge in [0.15, 0.2) is 0 Å². The topological polar surface area (TPSA) is 104 Å². The highest BCUT2D eigenvalue weighted by Gasteiger charge is 2.34. The van der Waals surface area contributed by atoms with Crippen molar-refractivity contribution in [2.24, 2.45) is 0 Å². The number of carbonyl (C=O) groups is 2. The van der Waals surface area contributed by atoms with Crippen molar-refractivity contribution in [1.29, 1.82) is 0 Å². The lowest BCUT2D eigenvalue weighted by Gasteiger charge is -2.33. The van der Waals surface area contributed by atoms with Crippen LogP contribution in [-0.2, 0) is 19.6 Å². The molecule has 126 valence electrons. The molecule has 0 aromatic heterocycles. The summed E-state index contributed by atoms with van der Waals surface area (Å²) in [5.74, 6) is -1.29. The van der Waals surface area contributed by atoms with Crippen LogP contribution in [0.4, 0.5) is 0 Å². The lowest BCUT2D eigenvalue weighted by Crippen LogP contribution is -2.49. The number of piperidine rings is 1. The number of carboxylic acid groups (broad SMARTS) is 1. The van der Waals surface area contributed by atoms with Gasteiger partial charge in [-0.05, 0) is 25.7 Å². The van der Waals surface area contributed by atoms with Crippen LogP contribution in [-0.4, -0.2) is 54.7 Å². The predicted octanol–water partition coefficient (Wildman–Crippen LogP) is 0.704. The quantitative estimate of drug-likeness (QED) is 0.745. The Bertz CT molecular complexity index is 513. The fraction of sp³-hybridized carbons (Fsp3) is 0.857. The molecule has 2 rings (SSSR count). The standard InChI is InChI=1S/C14H24N2O5S/c17-13(7-8-14(18)19)16-9-3-6-12(10-16)22(20,21)15-11-4-1-2-5-11/h11-12,15H,1-10H2,(H,18,19). The number of aliphatic carboxylic acids is 1. The number of sulfonamides is 1. The Hall–Kier alpha value is -1.15. The predicted molar refractivity (Wildman–Crippen MR) is 80.8 cm³/mol. The monoisotopic (exact) mass is 332 g/mol. The minimum atomic E-state index is -3.42. The molecule has 0 aromatic rings. The van der Waals surface area contributed by atoms with E-state index in [1.165, 1.54) is 4.90 Å². The van der Waals surface area contributed by atoms with Gasteiger partial charge in [0, 0.05) is 25.6 Å². The van der Waals surface area contributed by atoms with Crippen LogP contribution < -0.4 is 4.72 Å². The molecule has 22 heavy (non-hydrogen) atoms. The summed E-state index contributed by atoms with van der Waals surface area (Å²) < 4.78 is 27.6. The first-order chi connectivity index (χ1) is 10.4. The summed E-state index contributed by atoms with van der Waals surface area (Å²) in [6, 6.07) is 0.0306. The Morgan fingerprint density at radius 3 is 2.41 bits per heavy atom. The molecule has 2 fully saturated rings. The van der Waals surface area contributed by atoms with Crippen LogP contribution in [0.5, 0.6) is 0 Å². The van der Waals surface area contributed by atoms with Crippen molar-refractivity contribution in [3.63, 3.8) is 0 Å². The largest absolute Gasteiger partial charge is 0.481 e. The number of carbonyl (C=O) groups excluding carboxylic acids is 1. The number of hydrogen-bond acceptors (Lipinski definition) is 4. The van der Waals surface area contributed by atoms with Gasteiger partial charge in [0.2, 0.25) is 15.9 Å². The Labute approximate surface area is 131 Å². The van der Waals surface area contributed by atoms with Crippen molar-refractivity contribution in [1.82, 2.24) is 9.62 Å². The van der Waals surface area contributed by atoms with Gasteiger partial charge in [0.05, 0.1) is 11.7 Å². The molecule has 1 aliphatic carbocycles. The van der Waals surface area contributed by atoms with Crippen LogP contribution >= 0.6 is 0 Å². The highest BCUT2D eigenvalue weighted by atomic mass is 32.2. The highest BCUT2D eigenvalue weighted by Crippen LogP contribution is 2.22. The molecule has 2 aliphatic rings. The molecule has 0 spiro atoms. The van der Waals surface area contributed by atoms with E-state index in [0.717, 1.165) is 25.7 Å². The molecule has 0 radical (unpaired) electrons. The molecule has 2 N–H and O–H groups in total. The van der Waals surface area contributed by atoms with Crippen molar-refractivity contribution in [3.8, 4) is 0 Å². The Balaban J connectivity index is 1.91. The minimum Gasteiger partial charge on any atom is -0.481 e. The van der Waals surface area contributed by atoms with Gasteiger partial charge in [0.1, 0.15) is 0 Å². The van der Waals surface area contributed by atoms with Crippen molar-refractivity contribution < 1.29 is 23.1 Å². The average Bonchev–Trinajstić information content (AvgIpc) is 2.97. The van der Waals surface area contributed by atoms with E-state index in [2.05, 4.69) is 4.72 Å². The van der Waals surface area contributed by atoms with E-state index < -0.39 is 21.2 Å². The Morgan fingerprint density at radius 1 is 1.09 bits per heavy atom. The number of amides is 1. The molecular formula is C14H24N2O5S. The molecule has 0 bridgehead atoms. The maximum absolute atomic E-state index is 12.4. The van der Waals surface area contributed by atoms with Gasteiger partial charge in [-0.25, -0.2) is 13.1 Å². The molecule has 0 aromatic carbocycles. The van der Waals surface area contributed by atoms with Gasteiger partial charge in [-0.1, -0.05) is 12.8 Å². The molecule has 1 unspecified atom stereocenters. The molecule has 7 nitrogen and oxygen atoms in total. The Kier molecular flexibility index (Phi) is 5.80. The van der Waals surface area contributed by atoms with Crippen LogP contribution in [0.15, 0.2) is 0 Å². The van der Waals surface area contributed by atoms with Crippen LogP contribution in [0.25, 0.3) is 0 Å². The molecular weight excluding hydrogens is 308 g/mol. The normalized spacial score (nSPS) is 23.6. The van der Waals surface area contributed by atoms with Crippen molar-refractivity contribution in [3.05, 3.63) is 0 Å². The van der Waals surface area contributed by atoms with Crippen molar-refractivity contribution in [2.45, 2.75) is 62.7 Å². The number of likely N-dealkylation sites (tertiary alicyclic amines) is 1. The van der Waals surface area contributed by atoms with E-state index in [-0.39, 0.29) is 31.3 Å². The number of nitrogens with one attached hydrogen (secondary N) is 1. The van der Waals surface area contributed by atoms with Crippen molar-refractivity contribution in [2.75, 3.05) is 13.1 Å². The van der Waals surface area contributed by atoms with Gasteiger partial charge in [0.25, 0.3) is 0 Å². The molecule has 8 heteroatoms. The maximum Gasteiger partial charge on any atom is 0.303 e. The smallest absolute Gasteiger partial charge is 0.303 e. The first kappa shape index (κ1) is 17.2. The summed E-state index contributed by atoms with van der Waals surface area (Å²) in [7, 11) is -3.42. The van der Waals surface area contributed by atoms with E-state index in [1.807, 2.05) is 0 Å². The van der Waals surface area contributed by atoms with Crippen LogP contribution in [0.2, 0.25) is 0 Å². The third-order valence-corrected chi connectivity index (χ3v) is 6.33. The van der Waals surface area contributed by atoms with Gasteiger partial charge in [-0.15, -0.1) is 0 Å². The molecule has 1 amide bonds. The number of hydrogen-bond donors (Lipinski definition) is 2. The summed E-state index contributed by atoms with van der Waals surface area (Å²) in [5.41, 5.74) is 0. The van der Waals surface area contributed by atoms with Gasteiger partial charge in [-0.2, -0.15) is 0 Å². The molecule has 1 atom stereocenters. The first-order valence-electron chi connectivity index (χ1n) is 7.89. The number of carboxylic acids is 1. The zero-order chi connectivity index (χ0) is 16.2. The first-order valence-corrected chi connectivity index (χ1v) is 9.44. The third kappa shape index (κ3) is 4.67. The highest BCUT2D eigenvalue weighted by molar-refractivity contribution is 7.90. The summed E-state index contributed by atoms with van der Waals surface area (Å²) in [4.78, 5) is 24.0. The lowest BCUT2D eigenvalue weighted by atomic mass is 10.1. The van der Waals surface area contributed by atoms with E-state index in [1.54, 1.807) is 0 Å². The van der Waals surface area contributed by atoms with Gasteiger partial charge in [-0.3, -0.25) is 9.59 Å². The Morgan fingerprint density at radius 2 is 1.77 bits per heavy atom. The summed E-state index contributed by atoms with van der Waals surface area (Å²) >= 11 is 0. The van der Waals surface area contributed by atoms with Crippen LogP contribution in [0.1, 0.15) is 51.4 Å². The maximum atomic E-state index is 12.4. The molecule has 1 heterocycles. The van der Waals surface area contributed by atoms with Gasteiger partial charge >= 0.3 is 5.97 Å². The average molecular weight is 332 g/mol. The van der Waals surface area contributed by atoms with E-state index in [0.29, 0.717) is 19.4 Å². The van der Waals surface area contributed by atoms with Gasteiger partial charge < -0.3 is 10.0 Å². The lowest BCUT2D eigenvalue weighted by molar-refractivity contribution is -0.141. The van der Waals surface area contributed by atoms with Crippen LogP contribution in [0.3, 0.4) is 0 Å². The molecule has 1 saturated heterocycles. The summed E-state index contributed by atoms with van der Waals surface area (Å²) in [6.07, 6.45) is 4.76. The molecule has 1 aliphatic heterocycles. The van der Waals surface area contributed by atoms with E-state index >= 15 is 0 Å². The fourth-order valence-corrected chi connectivity index (χ4v) is 4.91. The zero-order valence-corrected chi connectivity index (χ0v) is 13.5. The number of rotatable bonds is 6. The zero-order valence-electron chi connectivity index (χ0n) is 12.7. The van der Waals surface area contributed by atoms with E-state index in [4.69, 9.17) is 5.11 Å². The molecule has 1 saturated carbocycles. The number of nitrogens with zero attached hydrogens (tertiary/aromatic N) is 1. The second kappa shape index (κ2) is 7.41. The summed E-state index contributed by atoms with van der Waals surface area (Å²) in [6.45, 7) is 0.675. The SMILES string of the molecule is O=C(O)CCC(=O)N1CCCC(S(=O)(=O)NC2CCCC2)C1. The third-order valence-electron chi connectivity index (χ3n) is 4.41. The van der Waals surface area contributed by atoms with Crippen LogP contribution in [0, 0.1) is 0 Å². The second-order valence-electron chi connectivity index (χ2n) is 6.14. The minimum absolute atomic E-state index is 0.0306. The summed E-state index contributed by atoms with van der Waals surface area (Å²) in [5, 5.41) is 8.04.